The first kappa shape index (κ1) is 10.0. The Morgan fingerprint density at radius 1 is 1.43 bits per heavy atom. The number of benzene rings is 1. The largest absolute Gasteiger partial charge is 0.465 e. The lowest BCUT2D eigenvalue weighted by molar-refractivity contribution is -0.115. The molecule has 0 aromatic heterocycles. The molecule has 0 fully saturated rings. The van der Waals surface area contributed by atoms with Crippen molar-refractivity contribution in [3.8, 4) is 0 Å². The first-order valence-corrected chi connectivity index (χ1v) is 3.95. The molecular formula is C9H10N2O3. The van der Waals surface area contributed by atoms with Gasteiger partial charge >= 0.3 is 6.09 Å². The van der Waals surface area contributed by atoms with E-state index in [1.807, 2.05) is 24.3 Å². The topological polar surface area (TPSA) is 92.4 Å². The number of anilines is 1. The van der Waals surface area contributed by atoms with Gasteiger partial charge in [0.2, 0.25) is 5.91 Å². The molecule has 0 radical (unpaired) electrons. The molecule has 1 aromatic rings. The summed E-state index contributed by atoms with van der Waals surface area (Å²) >= 11 is 0. The Bertz CT molecular complexity index is 332. The van der Waals surface area contributed by atoms with Gasteiger partial charge in [-0.2, -0.15) is 0 Å². The minimum Gasteiger partial charge on any atom is -0.465 e. The van der Waals surface area contributed by atoms with Gasteiger partial charge in [-0.15, -0.1) is 0 Å². The first-order chi connectivity index (χ1) is 6.59. The number of amides is 2. The zero-order valence-electron chi connectivity index (χ0n) is 7.36. The van der Waals surface area contributed by atoms with Gasteiger partial charge in [0.05, 0.1) is 6.42 Å². The van der Waals surface area contributed by atoms with Crippen LogP contribution in [0.3, 0.4) is 0 Å². The molecule has 1 aliphatic heterocycles. The van der Waals surface area contributed by atoms with E-state index in [0.29, 0.717) is 6.42 Å². The van der Waals surface area contributed by atoms with Crippen LogP contribution in [-0.2, 0) is 11.2 Å². The highest BCUT2D eigenvalue weighted by Crippen LogP contribution is 2.20. The molecule has 1 aliphatic rings. The van der Waals surface area contributed by atoms with E-state index in [0.717, 1.165) is 11.3 Å². The Morgan fingerprint density at radius 2 is 2.00 bits per heavy atom. The lowest BCUT2D eigenvalue weighted by Gasteiger charge is -1.93. The van der Waals surface area contributed by atoms with Crippen molar-refractivity contribution in [1.82, 2.24) is 0 Å². The first-order valence-electron chi connectivity index (χ1n) is 3.95. The van der Waals surface area contributed by atoms with E-state index in [-0.39, 0.29) is 5.91 Å². The van der Waals surface area contributed by atoms with Gasteiger partial charge < -0.3 is 16.2 Å². The van der Waals surface area contributed by atoms with Gasteiger partial charge in [-0.3, -0.25) is 4.79 Å². The summed E-state index contributed by atoms with van der Waals surface area (Å²) in [5, 5.41) is 9.95. The normalized spacial score (nSPS) is 12.1. The Kier molecular flexibility index (Phi) is 3.06. The van der Waals surface area contributed by atoms with Gasteiger partial charge in [0, 0.05) is 5.69 Å². The average molecular weight is 194 g/mol. The molecule has 0 aliphatic carbocycles. The van der Waals surface area contributed by atoms with Crippen LogP contribution in [0, 0.1) is 0 Å². The number of carbonyl (C=O) groups is 2. The standard InChI is InChI=1S/C8H7NO.CH3NO2/c10-8-5-6-3-1-2-4-7(6)9-8;2-1(3)4/h1-4H,5H2,(H,9,10);2H2,(H,3,4). The SMILES string of the molecule is NC(=O)O.O=C1Cc2ccccc2N1. The van der Waals surface area contributed by atoms with Crippen LogP contribution in [0.1, 0.15) is 5.56 Å². The molecule has 2 rings (SSSR count). The summed E-state index contributed by atoms with van der Waals surface area (Å²) in [5.74, 6) is 0.0983. The van der Waals surface area contributed by atoms with Crippen molar-refractivity contribution >= 4 is 17.7 Å². The third kappa shape index (κ3) is 2.78. The average Bonchev–Trinajstić information content (AvgIpc) is 2.42. The fourth-order valence-corrected chi connectivity index (χ4v) is 1.16. The van der Waals surface area contributed by atoms with E-state index in [2.05, 4.69) is 11.1 Å². The molecule has 5 nitrogen and oxygen atoms in total. The van der Waals surface area contributed by atoms with Crippen LogP contribution in [0.2, 0.25) is 0 Å². The number of nitrogens with two attached hydrogens (primary N) is 1. The maximum atomic E-state index is 10.8. The number of hydrogen-bond donors (Lipinski definition) is 3. The molecule has 4 N–H and O–H groups in total. The van der Waals surface area contributed by atoms with E-state index in [1.54, 1.807) is 0 Å². The number of carboxylic acid groups (broad SMARTS) is 1. The highest BCUT2D eigenvalue weighted by molar-refractivity contribution is 5.98. The number of para-hydroxylation sites is 1. The number of fused-ring (bicyclic) bond motifs is 1. The molecule has 1 aromatic carbocycles. The zero-order chi connectivity index (χ0) is 10.6. The molecule has 2 amide bonds. The maximum Gasteiger partial charge on any atom is 0.402 e. The van der Waals surface area contributed by atoms with Gasteiger partial charge in [-0.25, -0.2) is 4.79 Å². The van der Waals surface area contributed by atoms with Crippen LogP contribution >= 0.6 is 0 Å². The van der Waals surface area contributed by atoms with Crippen molar-refractivity contribution in [3.63, 3.8) is 0 Å². The highest BCUT2D eigenvalue weighted by atomic mass is 16.4. The van der Waals surface area contributed by atoms with Crippen molar-refractivity contribution in [1.29, 1.82) is 0 Å². The number of hydrogen-bond acceptors (Lipinski definition) is 2. The van der Waals surface area contributed by atoms with Crippen molar-refractivity contribution < 1.29 is 14.7 Å². The summed E-state index contributed by atoms with van der Waals surface area (Å²) in [7, 11) is 0. The van der Waals surface area contributed by atoms with Gasteiger partial charge in [0.1, 0.15) is 0 Å². The van der Waals surface area contributed by atoms with Crippen LogP contribution < -0.4 is 11.1 Å². The molecule has 0 saturated heterocycles. The lowest BCUT2D eigenvalue weighted by atomic mass is 10.2. The van der Waals surface area contributed by atoms with Crippen LogP contribution in [0.25, 0.3) is 0 Å². The van der Waals surface area contributed by atoms with Crippen molar-refractivity contribution in [2.24, 2.45) is 5.73 Å². The summed E-state index contributed by atoms with van der Waals surface area (Å²) in [4.78, 5) is 19.6. The number of primary amides is 1. The van der Waals surface area contributed by atoms with Gasteiger partial charge in [-0.1, -0.05) is 18.2 Å². The van der Waals surface area contributed by atoms with E-state index in [1.165, 1.54) is 0 Å². The summed E-state index contributed by atoms with van der Waals surface area (Å²) in [6.07, 6.45) is -0.795. The molecule has 0 bridgehead atoms. The highest BCUT2D eigenvalue weighted by Gasteiger charge is 2.15. The molecule has 1 heterocycles. The third-order valence-corrected chi connectivity index (χ3v) is 1.64. The Hall–Kier alpha value is -2.04. The molecule has 0 unspecified atom stereocenters. The summed E-state index contributed by atoms with van der Waals surface area (Å²) in [5.41, 5.74) is 6.10. The molecule has 5 heteroatoms. The third-order valence-electron chi connectivity index (χ3n) is 1.64. The smallest absolute Gasteiger partial charge is 0.402 e. The fourth-order valence-electron chi connectivity index (χ4n) is 1.16. The summed E-state index contributed by atoms with van der Waals surface area (Å²) in [6.45, 7) is 0. The second-order valence-corrected chi connectivity index (χ2v) is 2.72. The molecule has 0 spiro atoms. The minimum atomic E-state index is -1.33. The maximum absolute atomic E-state index is 10.8. The van der Waals surface area contributed by atoms with Crippen molar-refractivity contribution in [2.45, 2.75) is 6.42 Å². The predicted octanol–water partition coefficient (Wildman–Crippen LogP) is 0.804. The predicted molar refractivity (Wildman–Crippen MR) is 51.0 cm³/mol. The lowest BCUT2D eigenvalue weighted by Crippen LogP contribution is -2.03. The monoisotopic (exact) mass is 194 g/mol. The van der Waals surface area contributed by atoms with Crippen LogP contribution in [-0.4, -0.2) is 17.1 Å². The molecular weight excluding hydrogens is 184 g/mol. The Balaban J connectivity index is 0.000000213. The quantitative estimate of drug-likeness (QED) is 0.570. The van der Waals surface area contributed by atoms with Crippen molar-refractivity contribution in [3.05, 3.63) is 29.8 Å². The molecule has 14 heavy (non-hydrogen) atoms. The van der Waals surface area contributed by atoms with E-state index >= 15 is 0 Å². The van der Waals surface area contributed by atoms with E-state index < -0.39 is 6.09 Å². The Morgan fingerprint density at radius 3 is 2.57 bits per heavy atom. The Labute approximate surface area is 80.5 Å². The number of carbonyl (C=O) groups excluding carboxylic acids is 1. The second kappa shape index (κ2) is 4.27. The second-order valence-electron chi connectivity index (χ2n) is 2.72. The molecule has 0 saturated carbocycles. The number of rotatable bonds is 0. The van der Waals surface area contributed by atoms with E-state index in [4.69, 9.17) is 9.90 Å². The molecule has 74 valence electrons. The fraction of sp³-hybridized carbons (Fsp3) is 0.111. The molecule has 0 atom stereocenters. The summed E-state index contributed by atoms with van der Waals surface area (Å²) in [6, 6.07) is 7.75. The van der Waals surface area contributed by atoms with Crippen LogP contribution in [0.15, 0.2) is 24.3 Å². The minimum absolute atomic E-state index is 0.0983. The van der Waals surface area contributed by atoms with Gasteiger partial charge in [0.15, 0.2) is 0 Å². The van der Waals surface area contributed by atoms with Crippen LogP contribution in [0.5, 0.6) is 0 Å². The van der Waals surface area contributed by atoms with Gasteiger partial charge in [0.25, 0.3) is 0 Å². The van der Waals surface area contributed by atoms with Crippen LogP contribution in [0.4, 0.5) is 10.5 Å². The zero-order valence-corrected chi connectivity index (χ0v) is 7.36. The van der Waals surface area contributed by atoms with Gasteiger partial charge in [-0.05, 0) is 11.6 Å². The number of nitrogens with one attached hydrogen (secondary N) is 1. The van der Waals surface area contributed by atoms with E-state index in [9.17, 15) is 4.79 Å². The van der Waals surface area contributed by atoms with Crippen molar-refractivity contribution in [2.75, 3.05) is 5.32 Å². The summed E-state index contributed by atoms with van der Waals surface area (Å²) < 4.78 is 0.